The standard InChI is InChI=1S/C21H30N2O/c1-16-8-6-9-17(2)21(16)24-15-18(3)22-13-19-10-7-11-20(12-19)14-23(4)5/h6-12,18,22H,13-15H2,1-5H3. The molecule has 2 aromatic rings. The Kier molecular flexibility index (Phi) is 6.83. The zero-order valence-corrected chi connectivity index (χ0v) is 15.6. The van der Waals surface area contributed by atoms with Gasteiger partial charge in [-0.2, -0.15) is 0 Å². The largest absolute Gasteiger partial charge is 0.491 e. The second kappa shape index (κ2) is 8.86. The van der Waals surface area contributed by atoms with Gasteiger partial charge in [0.15, 0.2) is 0 Å². The number of hydrogen-bond donors (Lipinski definition) is 1. The number of nitrogens with one attached hydrogen (secondary N) is 1. The highest BCUT2D eigenvalue weighted by Crippen LogP contribution is 2.22. The summed E-state index contributed by atoms with van der Waals surface area (Å²) in [6.45, 7) is 8.85. The van der Waals surface area contributed by atoms with Crippen molar-refractivity contribution in [3.63, 3.8) is 0 Å². The van der Waals surface area contributed by atoms with Gasteiger partial charge in [-0.05, 0) is 57.1 Å². The van der Waals surface area contributed by atoms with Crippen LogP contribution in [0.1, 0.15) is 29.2 Å². The quantitative estimate of drug-likeness (QED) is 0.796. The Bertz CT molecular complexity index is 632. The maximum atomic E-state index is 6.02. The fourth-order valence-electron chi connectivity index (χ4n) is 2.79. The fraction of sp³-hybridized carbons (Fsp3) is 0.429. The highest BCUT2D eigenvalue weighted by atomic mass is 16.5. The molecule has 130 valence electrons. The molecule has 0 spiro atoms. The lowest BCUT2D eigenvalue weighted by Gasteiger charge is -2.18. The van der Waals surface area contributed by atoms with Crippen LogP contribution in [0.4, 0.5) is 0 Å². The van der Waals surface area contributed by atoms with Gasteiger partial charge in [-0.25, -0.2) is 0 Å². The lowest BCUT2D eigenvalue weighted by molar-refractivity contribution is 0.269. The summed E-state index contributed by atoms with van der Waals surface area (Å²) in [6, 6.07) is 15.3. The lowest BCUT2D eigenvalue weighted by atomic mass is 10.1. The van der Waals surface area contributed by atoms with Crippen LogP contribution < -0.4 is 10.1 Å². The summed E-state index contributed by atoms with van der Waals surface area (Å²) in [5.74, 6) is 1.01. The van der Waals surface area contributed by atoms with Crippen molar-refractivity contribution in [3.05, 3.63) is 64.7 Å². The Balaban J connectivity index is 1.84. The van der Waals surface area contributed by atoms with E-state index < -0.39 is 0 Å². The van der Waals surface area contributed by atoms with E-state index in [1.54, 1.807) is 0 Å². The van der Waals surface area contributed by atoms with E-state index in [4.69, 9.17) is 4.74 Å². The topological polar surface area (TPSA) is 24.5 Å². The SMILES string of the molecule is Cc1cccc(C)c1OCC(C)NCc1cccc(CN(C)C)c1. The second-order valence-electron chi connectivity index (χ2n) is 6.87. The van der Waals surface area contributed by atoms with E-state index in [2.05, 4.69) is 87.5 Å². The van der Waals surface area contributed by atoms with E-state index in [9.17, 15) is 0 Å². The minimum atomic E-state index is 0.293. The van der Waals surface area contributed by atoms with Gasteiger partial charge in [0.1, 0.15) is 12.4 Å². The molecule has 2 rings (SSSR count). The summed E-state index contributed by atoms with van der Waals surface area (Å²) in [5, 5.41) is 3.55. The minimum Gasteiger partial charge on any atom is -0.491 e. The van der Waals surface area contributed by atoms with Crippen LogP contribution in [0.5, 0.6) is 5.75 Å². The smallest absolute Gasteiger partial charge is 0.125 e. The van der Waals surface area contributed by atoms with Crippen LogP contribution in [-0.2, 0) is 13.1 Å². The molecule has 0 radical (unpaired) electrons. The molecule has 0 aromatic heterocycles. The van der Waals surface area contributed by atoms with Crippen LogP contribution in [0.15, 0.2) is 42.5 Å². The number of hydrogen-bond acceptors (Lipinski definition) is 3. The third kappa shape index (κ3) is 5.66. The summed E-state index contributed by atoms with van der Waals surface area (Å²) in [6.07, 6.45) is 0. The molecule has 0 bridgehead atoms. The van der Waals surface area contributed by atoms with Crippen LogP contribution in [0.2, 0.25) is 0 Å². The van der Waals surface area contributed by atoms with Crippen molar-refractivity contribution in [1.29, 1.82) is 0 Å². The molecule has 3 heteroatoms. The van der Waals surface area contributed by atoms with Gasteiger partial charge in [0, 0.05) is 19.1 Å². The third-order valence-electron chi connectivity index (χ3n) is 4.03. The van der Waals surface area contributed by atoms with Gasteiger partial charge in [0.25, 0.3) is 0 Å². The zero-order chi connectivity index (χ0) is 17.5. The van der Waals surface area contributed by atoms with Crippen LogP contribution in [0.25, 0.3) is 0 Å². The average Bonchev–Trinajstić information content (AvgIpc) is 2.52. The van der Waals surface area contributed by atoms with Gasteiger partial charge in [-0.1, -0.05) is 42.5 Å². The molecule has 24 heavy (non-hydrogen) atoms. The summed E-state index contributed by atoms with van der Waals surface area (Å²) >= 11 is 0. The molecular formula is C21H30N2O. The Hall–Kier alpha value is -1.84. The van der Waals surface area contributed by atoms with E-state index in [1.165, 1.54) is 22.3 Å². The molecule has 2 aromatic carbocycles. The molecule has 0 aliphatic carbocycles. The average molecular weight is 326 g/mol. The van der Waals surface area contributed by atoms with Gasteiger partial charge in [-0.15, -0.1) is 0 Å². The van der Waals surface area contributed by atoms with E-state index in [0.29, 0.717) is 12.6 Å². The van der Waals surface area contributed by atoms with Crippen molar-refractivity contribution < 1.29 is 4.74 Å². The van der Waals surface area contributed by atoms with Crippen molar-refractivity contribution >= 4 is 0 Å². The van der Waals surface area contributed by atoms with E-state index >= 15 is 0 Å². The highest BCUT2D eigenvalue weighted by Gasteiger charge is 2.07. The van der Waals surface area contributed by atoms with E-state index in [1.807, 2.05) is 0 Å². The van der Waals surface area contributed by atoms with Crippen molar-refractivity contribution in [2.75, 3.05) is 20.7 Å². The first-order valence-electron chi connectivity index (χ1n) is 8.60. The van der Waals surface area contributed by atoms with E-state index in [0.717, 1.165) is 18.8 Å². The Morgan fingerprint density at radius 2 is 1.62 bits per heavy atom. The first kappa shape index (κ1) is 18.5. The van der Waals surface area contributed by atoms with Crippen molar-refractivity contribution in [2.45, 2.75) is 39.9 Å². The number of nitrogens with zero attached hydrogens (tertiary/aromatic N) is 1. The predicted octanol–water partition coefficient (Wildman–Crippen LogP) is 3.92. The molecule has 1 unspecified atom stereocenters. The molecule has 0 aliphatic heterocycles. The van der Waals surface area contributed by atoms with Crippen LogP contribution in [0, 0.1) is 13.8 Å². The van der Waals surface area contributed by atoms with Crippen molar-refractivity contribution in [3.8, 4) is 5.75 Å². The van der Waals surface area contributed by atoms with Gasteiger partial charge in [0.2, 0.25) is 0 Å². The third-order valence-corrected chi connectivity index (χ3v) is 4.03. The summed E-state index contributed by atoms with van der Waals surface area (Å²) < 4.78 is 6.02. The monoisotopic (exact) mass is 326 g/mol. The first-order chi connectivity index (χ1) is 11.5. The number of aryl methyl sites for hydroxylation is 2. The first-order valence-corrected chi connectivity index (χ1v) is 8.60. The number of benzene rings is 2. The molecular weight excluding hydrogens is 296 g/mol. The number of rotatable bonds is 8. The van der Waals surface area contributed by atoms with Crippen molar-refractivity contribution in [1.82, 2.24) is 10.2 Å². The highest BCUT2D eigenvalue weighted by molar-refractivity contribution is 5.39. The van der Waals surface area contributed by atoms with Gasteiger partial charge < -0.3 is 15.0 Å². The van der Waals surface area contributed by atoms with Gasteiger partial charge in [-0.3, -0.25) is 0 Å². The van der Waals surface area contributed by atoms with Crippen LogP contribution >= 0.6 is 0 Å². The van der Waals surface area contributed by atoms with E-state index in [-0.39, 0.29) is 0 Å². The van der Waals surface area contributed by atoms with Crippen LogP contribution in [0.3, 0.4) is 0 Å². The second-order valence-corrected chi connectivity index (χ2v) is 6.87. The van der Waals surface area contributed by atoms with Crippen LogP contribution in [-0.4, -0.2) is 31.6 Å². The number of para-hydroxylation sites is 1. The molecule has 0 heterocycles. The molecule has 1 atom stereocenters. The minimum absolute atomic E-state index is 0.293. The Morgan fingerprint density at radius 3 is 2.29 bits per heavy atom. The normalized spacial score (nSPS) is 12.4. The Labute approximate surface area is 146 Å². The molecule has 0 amide bonds. The lowest BCUT2D eigenvalue weighted by Crippen LogP contribution is -2.31. The molecule has 0 saturated carbocycles. The summed E-state index contributed by atoms with van der Waals surface area (Å²) in [7, 11) is 4.19. The Morgan fingerprint density at radius 1 is 1.00 bits per heavy atom. The maximum absolute atomic E-state index is 6.02. The molecule has 3 nitrogen and oxygen atoms in total. The van der Waals surface area contributed by atoms with Gasteiger partial charge >= 0.3 is 0 Å². The zero-order valence-electron chi connectivity index (χ0n) is 15.6. The summed E-state index contributed by atoms with van der Waals surface area (Å²) in [5.41, 5.74) is 5.05. The molecule has 0 saturated heterocycles. The maximum Gasteiger partial charge on any atom is 0.125 e. The number of ether oxygens (including phenoxy) is 1. The van der Waals surface area contributed by atoms with Gasteiger partial charge in [0.05, 0.1) is 0 Å². The van der Waals surface area contributed by atoms with Crippen molar-refractivity contribution in [2.24, 2.45) is 0 Å². The molecule has 0 fully saturated rings. The summed E-state index contributed by atoms with van der Waals surface area (Å²) in [4.78, 5) is 2.19. The predicted molar refractivity (Wildman–Crippen MR) is 102 cm³/mol. The molecule has 1 N–H and O–H groups in total. The molecule has 0 aliphatic rings. The fourth-order valence-corrected chi connectivity index (χ4v) is 2.79.